The number of nitrogens with zero attached hydrogens (tertiary/aromatic N) is 1. The summed E-state index contributed by atoms with van der Waals surface area (Å²) in [5.74, 6) is 6.24. The molecule has 1 fully saturated rings. The number of aliphatic imine (C=N–C) groups is 1. The van der Waals surface area contributed by atoms with Gasteiger partial charge < -0.3 is 10.2 Å². The lowest BCUT2D eigenvalue weighted by Gasteiger charge is -2.27. The van der Waals surface area contributed by atoms with Gasteiger partial charge in [-0.25, -0.2) is 5.84 Å². The van der Waals surface area contributed by atoms with Gasteiger partial charge in [-0.2, -0.15) is 0 Å². The van der Waals surface area contributed by atoms with Gasteiger partial charge in [0.1, 0.15) is 11.4 Å². The molecule has 0 aromatic heterocycles. The average Bonchev–Trinajstić information content (AvgIpc) is 2.47. The molecule has 0 bridgehead atoms. The van der Waals surface area contributed by atoms with Gasteiger partial charge in [0.05, 0.1) is 5.54 Å². The molecule has 1 aliphatic rings. The van der Waals surface area contributed by atoms with Crippen LogP contribution in [0, 0.1) is 0 Å². The van der Waals surface area contributed by atoms with Crippen LogP contribution in [0.15, 0.2) is 4.99 Å². The maximum absolute atomic E-state index is 5.67. The van der Waals surface area contributed by atoms with E-state index in [0.717, 1.165) is 25.3 Å². The highest BCUT2D eigenvalue weighted by molar-refractivity contribution is 5.90. The van der Waals surface area contributed by atoms with Gasteiger partial charge in [-0.05, 0) is 40.5 Å². The van der Waals surface area contributed by atoms with E-state index in [1.54, 1.807) is 0 Å². The first-order chi connectivity index (χ1) is 6.37. The fourth-order valence-electron chi connectivity index (χ4n) is 1.60. The lowest BCUT2D eigenvalue weighted by atomic mass is 10.0. The van der Waals surface area contributed by atoms with Gasteiger partial charge in [0, 0.05) is 6.61 Å². The Morgan fingerprint density at radius 2 is 2.14 bits per heavy atom. The summed E-state index contributed by atoms with van der Waals surface area (Å²) >= 11 is 0. The van der Waals surface area contributed by atoms with E-state index >= 15 is 0 Å². The summed E-state index contributed by atoms with van der Waals surface area (Å²) in [5, 5.41) is 0. The van der Waals surface area contributed by atoms with E-state index in [4.69, 9.17) is 10.6 Å². The van der Waals surface area contributed by atoms with Crippen LogP contribution in [0.3, 0.4) is 0 Å². The molecule has 4 nitrogen and oxygen atoms in total. The van der Waals surface area contributed by atoms with E-state index in [1.807, 2.05) is 27.7 Å². The summed E-state index contributed by atoms with van der Waals surface area (Å²) in [6, 6.07) is 0. The number of hydrazine groups is 1. The zero-order chi connectivity index (χ0) is 10.8. The second-order valence-corrected chi connectivity index (χ2v) is 4.96. The Bertz CT molecular complexity index is 224. The minimum absolute atomic E-state index is 0.128. The highest BCUT2D eigenvalue weighted by Gasteiger charge is 2.36. The van der Waals surface area contributed by atoms with Crippen molar-refractivity contribution >= 4 is 5.84 Å². The minimum Gasteiger partial charge on any atom is -0.367 e. The van der Waals surface area contributed by atoms with Crippen molar-refractivity contribution in [2.45, 2.75) is 51.7 Å². The normalized spacial score (nSPS) is 29.4. The Hall–Kier alpha value is -0.610. The zero-order valence-corrected chi connectivity index (χ0v) is 9.55. The van der Waals surface area contributed by atoms with Gasteiger partial charge >= 0.3 is 0 Å². The fourth-order valence-corrected chi connectivity index (χ4v) is 1.60. The monoisotopic (exact) mass is 199 g/mol. The van der Waals surface area contributed by atoms with Crippen LogP contribution in [0.5, 0.6) is 0 Å². The lowest BCUT2D eigenvalue weighted by molar-refractivity contribution is 0.0739. The van der Waals surface area contributed by atoms with Crippen LogP contribution in [0.1, 0.15) is 40.5 Å². The first kappa shape index (κ1) is 11.5. The van der Waals surface area contributed by atoms with Crippen LogP contribution in [-0.2, 0) is 4.74 Å². The van der Waals surface area contributed by atoms with Gasteiger partial charge in [-0.1, -0.05) is 0 Å². The number of hydrogen-bond acceptors (Lipinski definition) is 3. The Balaban J connectivity index is 2.85. The molecule has 0 aromatic carbocycles. The summed E-state index contributed by atoms with van der Waals surface area (Å²) < 4.78 is 5.67. The molecule has 1 atom stereocenters. The van der Waals surface area contributed by atoms with Crippen molar-refractivity contribution in [3.63, 3.8) is 0 Å². The van der Waals surface area contributed by atoms with Gasteiger partial charge in [0.25, 0.3) is 0 Å². The van der Waals surface area contributed by atoms with Crippen molar-refractivity contribution in [3.05, 3.63) is 0 Å². The van der Waals surface area contributed by atoms with E-state index < -0.39 is 0 Å². The molecule has 0 radical (unpaired) electrons. The van der Waals surface area contributed by atoms with E-state index in [2.05, 4.69) is 10.4 Å². The van der Waals surface area contributed by atoms with Gasteiger partial charge in [0.2, 0.25) is 0 Å². The van der Waals surface area contributed by atoms with Crippen LogP contribution in [-0.4, -0.2) is 23.6 Å². The van der Waals surface area contributed by atoms with E-state index in [0.29, 0.717) is 0 Å². The third-order valence-electron chi connectivity index (χ3n) is 2.30. The maximum atomic E-state index is 5.67. The molecule has 3 N–H and O–H groups in total. The van der Waals surface area contributed by atoms with E-state index in [1.165, 1.54) is 0 Å². The molecule has 1 unspecified atom stereocenters. The molecule has 0 amide bonds. The molecule has 0 spiro atoms. The first-order valence-corrected chi connectivity index (χ1v) is 5.08. The summed E-state index contributed by atoms with van der Waals surface area (Å²) in [7, 11) is 0. The molecular formula is C10H21N3O. The number of amidine groups is 1. The maximum Gasteiger partial charge on any atom is 0.143 e. The van der Waals surface area contributed by atoms with Gasteiger partial charge in [-0.15, -0.1) is 0 Å². The molecule has 0 saturated carbocycles. The highest BCUT2D eigenvalue weighted by Crippen LogP contribution is 2.26. The topological polar surface area (TPSA) is 59.6 Å². The third-order valence-corrected chi connectivity index (χ3v) is 2.30. The summed E-state index contributed by atoms with van der Waals surface area (Å²) in [6.07, 6.45) is 2.05. The first-order valence-electron chi connectivity index (χ1n) is 5.08. The molecule has 0 aliphatic carbocycles. The summed E-state index contributed by atoms with van der Waals surface area (Å²) in [5.41, 5.74) is 2.22. The number of rotatable bonds is 1. The number of hydrogen-bond donors (Lipinski definition) is 2. The summed E-state index contributed by atoms with van der Waals surface area (Å²) in [4.78, 5) is 4.54. The van der Waals surface area contributed by atoms with Crippen LogP contribution in [0.25, 0.3) is 0 Å². The van der Waals surface area contributed by atoms with Crippen LogP contribution >= 0.6 is 0 Å². The Morgan fingerprint density at radius 1 is 1.50 bits per heavy atom. The van der Waals surface area contributed by atoms with Crippen molar-refractivity contribution in [2.24, 2.45) is 10.8 Å². The lowest BCUT2D eigenvalue weighted by Crippen LogP contribution is -2.48. The SMILES string of the molecule is CC(C)(C)N=C(NN)C1(C)CCCO1. The molecular weight excluding hydrogens is 178 g/mol. The molecule has 1 rings (SSSR count). The average molecular weight is 199 g/mol. The molecule has 1 saturated heterocycles. The molecule has 82 valence electrons. The minimum atomic E-state index is -0.317. The van der Waals surface area contributed by atoms with Crippen LogP contribution in [0.4, 0.5) is 0 Å². The zero-order valence-electron chi connectivity index (χ0n) is 9.55. The second kappa shape index (κ2) is 3.87. The quantitative estimate of drug-likeness (QED) is 0.289. The third kappa shape index (κ3) is 2.69. The standard InChI is InChI=1S/C10H21N3O/c1-9(2,3)12-8(13-11)10(4)6-5-7-14-10/h5-7,11H2,1-4H3,(H,12,13). The second-order valence-electron chi connectivity index (χ2n) is 4.96. The van der Waals surface area contributed by atoms with Gasteiger partial charge in [-0.3, -0.25) is 4.99 Å². The Kier molecular flexibility index (Phi) is 3.17. The number of nitrogens with one attached hydrogen (secondary N) is 1. The van der Waals surface area contributed by atoms with Crippen molar-refractivity contribution in [3.8, 4) is 0 Å². The van der Waals surface area contributed by atoms with E-state index in [-0.39, 0.29) is 11.1 Å². The predicted molar refractivity (Wildman–Crippen MR) is 58.1 cm³/mol. The van der Waals surface area contributed by atoms with Crippen LogP contribution < -0.4 is 11.3 Å². The molecule has 4 heteroatoms. The number of nitrogens with two attached hydrogens (primary N) is 1. The number of ether oxygens (including phenoxy) is 1. The van der Waals surface area contributed by atoms with Crippen LogP contribution in [0.2, 0.25) is 0 Å². The largest absolute Gasteiger partial charge is 0.367 e. The molecule has 0 aromatic rings. The fraction of sp³-hybridized carbons (Fsp3) is 0.900. The highest BCUT2D eigenvalue weighted by atomic mass is 16.5. The Morgan fingerprint density at radius 3 is 2.50 bits per heavy atom. The smallest absolute Gasteiger partial charge is 0.143 e. The van der Waals surface area contributed by atoms with Crippen molar-refractivity contribution < 1.29 is 4.74 Å². The molecule has 1 aliphatic heterocycles. The van der Waals surface area contributed by atoms with E-state index in [9.17, 15) is 0 Å². The predicted octanol–water partition coefficient (Wildman–Crippen LogP) is 1.22. The molecule has 1 heterocycles. The molecule has 14 heavy (non-hydrogen) atoms. The van der Waals surface area contributed by atoms with Crippen molar-refractivity contribution in [1.29, 1.82) is 0 Å². The van der Waals surface area contributed by atoms with Gasteiger partial charge in [0.15, 0.2) is 0 Å². The van der Waals surface area contributed by atoms with Crippen molar-refractivity contribution in [2.75, 3.05) is 6.61 Å². The summed E-state index contributed by atoms with van der Waals surface area (Å²) in [6.45, 7) is 8.96. The van der Waals surface area contributed by atoms with Crippen molar-refractivity contribution in [1.82, 2.24) is 5.43 Å². The Labute approximate surface area is 85.9 Å².